The molecule has 0 saturated carbocycles. The number of fused-ring (bicyclic) bond motifs is 1. The van der Waals surface area contributed by atoms with E-state index in [0.717, 1.165) is 10.8 Å². The third-order valence-corrected chi connectivity index (χ3v) is 2.80. The lowest BCUT2D eigenvalue weighted by Crippen LogP contribution is -1.97. The molecule has 0 radical (unpaired) electrons. The Kier molecular flexibility index (Phi) is 3.29. The van der Waals surface area contributed by atoms with Crippen LogP contribution in [0.5, 0.6) is 0 Å². The van der Waals surface area contributed by atoms with Crippen LogP contribution in [0.25, 0.3) is 16.8 Å². The number of carboxylic acid groups (broad SMARTS) is 1. The van der Waals surface area contributed by atoms with E-state index in [9.17, 15) is 14.9 Å². The number of carbonyl (C=O) groups is 1. The van der Waals surface area contributed by atoms with E-state index < -0.39 is 10.9 Å². The van der Waals surface area contributed by atoms with Gasteiger partial charge in [0, 0.05) is 11.6 Å². The molecule has 0 saturated heterocycles. The third kappa shape index (κ3) is 2.60. The second kappa shape index (κ2) is 4.89. The molecule has 2 aromatic carbocycles. The Labute approximate surface area is 108 Å². The van der Waals surface area contributed by atoms with Crippen molar-refractivity contribution in [1.29, 1.82) is 0 Å². The summed E-state index contributed by atoms with van der Waals surface area (Å²) >= 11 is 0. The van der Waals surface area contributed by atoms with E-state index in [-0.39, 0.29) is 11.3 Å². The molecule has 0 aliphatic heterocycles. The van der Waals surface area contributed by atoms with Crippen LogP contribution < -0.4 is 0 Å². The van der Waals surface area contributed by atoms with Crippen LogP contribution in [-0.4, -0.2) is 16.0 Å². The predicted octanol–water partition coefficient (Wildman–Crippen LogP) is 3.24. The maximum absolute atomic E-state index is 11.0. The van der Waals surface area contributed by atoms with Gasteiger partial charge in [-0.3, -0.25) is 10.1 Å². The van der Waals surface area contributed by atoms with Crippen LogP contribution in [0, 0.1) is 10.1 Å². The van der Waals surface area contributed by atoms with E-state index in [0.29, 0.717) is 5.56 Å². The summed E-state index contributed by atoms with van der Waals surface area (Å²) in [6.07, 6.45) is 1.31. The molecule has 19 heavy (non-hydrogen) atoms. The van der Waals surface area contributed by atoms with Crippen molar-refractivity contribution in [3.8, 4) is 0 Å². The Morgan fingerprint density at radius 1 is 1.26 bits per heavy atom. The zero-order chi connectivity index (χ0) is 14.0. The van der Waals surface area contributed by atoms with Crippen molar-refractivity contribution in [1.82, 2.24) is 0 Å². The molecule has 2 aromatic rings. The van der Waals surface area contributed by atoms with Gasteiger partial charge >= 0.3 is 5.97 Å². The van der Waals surface area contributed by atoms with Gasteiger partial charge < -0.3 is 5.11 Å². The summed E-state index contributed by atoms with van der Waals surface area (Å²) in [5, 5.41) is 21.5. The lowest BCUT2D eigenvalue weighted by atomic mass is 10.0. The minimum Gasteiger partial charge on any atom is -0.478 e. The minimum atomic E-state index is -1.09. The van der Waals surface area contributed by atoms with E-state index in [2.05, 4.69) is 0 Å². The molecule has 1 N–H and O–H groups in total. The van der Waals surface area contributed by atoms with E-state index in [1.54, 1.807) is 18.2 Å². The fraction of sp³-hybridized carbons (Fsp3) is 0.0714. The van der Waals surface area contributed by atoms with Crippen LogP contribution in [0.15, 0.2) is 42.0 Å². The van der Waals surface area contributed by atoms with Crippen LogP contribution in [0.3, 0.4) is 0 Å². The summed E-state index contributed by atoms with van der Waals surface area (Å²) in [7, 11) is 0. The minimum absolute atomic E-state index is 0.0541. The predicted molar refractivity (Wildman–Crippen MR) is 71.9 cm³/mol. The SMILES string of the molecule is CC(=Cc1cc2ccccc2cc1[N+](=O)[O-])C(=O)O. The van der Waals surface area contributed by atoms with Crippen molar-refractivity contribution >= 4 is 28.5 Å². The molecule has 0 amide bonds. The van der Waals surface area contributed by atoms with E-state index >= 15 is 0 Å². The highest BCUT2D eigenvalue weighted by Gasteiger charge is 2.14. The molecule has 0 heterocycles. The highest BCUT2D eigenvalue weighted by Crippen LogP contribution is 2.27. The Hall–Kier alpha value is -2.69. The van der Waals surface area contributed by atoms with Gasteiger partial charge in [0.25, 0.3) is 5.69 Å². The van der Waals surface area contributed by atoms with Crippen molar-refractivity contribution in [2.24, 2.45) is 0 Å². The number of nitrogens with zero attached hydrogens (tertiary/aromatic N) is 1. The number of hydrogen-bond donors (Lipinski definition) is 1. The lowest BCUT2D eigenvalue weighted by Gasteiger charge is -2.02. The Morgan fingerprint density at radius 2 is 1.84 bits per heavy atom. The number of hydrogen-bond acceptors (Lipinski definition) is 3. The van der Waals surface area contributed by atoms with Gasteiger partial charge in [-0.1, -0.05) is 24.3 Å². The molecule has 0 aliphatic rings. The van der Waals surface area contributed by atoms with Crippen LogP contribution in [0.4, 0.5) is 5.69 Å². The fourth-order valence-electron chi connectivity index (χ4n) is 1.81. The van der Waals surface area contributed by atoms with E-state index in [1.807, 2.05) is 12.1 Å². The highest BCUT2D eigenvalue weighted by atomic mass is 16.6. The van der Waals surface area contributed by atoms with Gasteiger partial charge in [-0.05, 0) is 29.8 Å². The average molecular weight is 257 g/mol. The molecule has 0 aromatic heterocycles. The molecule has 0 spiro atoms. The molecule has 0 atom stereocenters. The second-order valence-corrected chi connectivity index (χ2v) is 4.15. The van der Waals surface area contributed by atoms with Crippen molar-refractivity contribution in [3.63, 3.8) is 0 Å². The molecule has 96 valence electrons. The molecule has 0 fully saturated rings. The topological polar surface area (TPSA) is 80.4 Å². The third-order valence-electron chi connectivity index (χ3n) is 2.80. The molecule has 5 nitrogen and oxygen atoms in total. The number of nitro groups is 1. The standard InChI is InChI=1S/C14H11NO4/c1-9(14(16)17)6-12-7-10-4-2-3-5-11(10)8-13(12)15(18)19/h2-8H,1H3,(H,16,17). The Morgan fingerprint density at radius 3 is 2.37 bits per heavy atom. The van der Waals surface area contributed by atoms with Crippen molar-refractivity contribution < 1.29 is 14.8 Å². The molecular weight excluding hydrogens is 246 g/mol. The second-order valence-electron chi connectivity index (χ2n) is 4.15. The molecule has 5 heteroatoms. The number of benzene rings is 2. The van der Waals surface area contributed by atoms with Gasteiger partial charge in [-0.25, -0.2) is 4.79 Å². The summed E-state index contributed by atoms with van der Waals surface area (Å²) in [6.45, 7) is 1.40. The van der Waals surface area contributed by atoms with Crippen LogP contribution >= 0.6 is 0 Å². The van der Waals surface area contributed by atoms with Gasteiger partial charge in [0.2, 0.25) is 0 Å². The Bertz CT molecular complexity index is 704. The normalized spacial score (nSPS) is 11.5. The van der Waals surface area contributed by atoms with Crippen LogP contribution in [-0.2, 0) is 4.79 Å². The van der Waals surface area contributed by atoms with Crippen molar-refractivity contribution in [2.75, 3.05) is 0 Å². The summed E-state index contributed by atoms with van der Waals surface area (Å²) in [5.41, 5.74) is 0.251. The van der Waals surface area contributed by atoms with E-state index in [1.165, 1.54) is 19.1 Å². The summed E-state index contributed by atoms with van der Waals surface area (Å²) in [6, 6.07) is 10.3. The maximum atomic E-state index is 11.0. The summed E-state index contributed by atoms with van der Waals surface area (Å²) in [4.78, 5) is 21.3. The molecule has 0 unspecified atom stereocenters. The summed E-state index contributed by atoms with van der Waals surface area (Å²) in [5.74, 6) is -1.09. The monoisotopic (exact) mass is 257 g/mol. The molecule has 0 bridgehead atoms. The largest absolute Gasteiger partial charge is 0.478 e. The number of nitro benzene ring substituents is 1. The molecule has 2 rings (SSSR count). The zero-order valence-corrected chi connectivity index (χ0v) is 10.2. The Balaban J connectivity index is 2.70. The highest BCUT2D eigenvalue weighted by molar-refractivity contribution is 5.94. The average Bonchev–Trinajstić information content (AvgIpc) is 2.37. The van der Waals surface area contributed by atoms with Gasteiger partial charge in [0.1, 0.15) is 0 Å². The molecule has 0 aliphatic carbocycles. The van der Waals surface area contributed by atoms with Gasteiger partial charge in [0.15, 0.2) is 0 Å². The van der Waals surface area contributed by atoms with Gasteiger partial charge in [0.05, 0.1) is 10.5 Å². The van der Waals surface area contributed by atoms with Crippen molar-refractivity contribution in [2.45, 2.75) is 6.92 Å². The van der Waals surface area contributed by atoms with E-state index in [4.69, 9.17) is 5.11 Å². The quantitative estimate of drug-likeness (QED) is 0.520. The van der Waals surface area contributed by atoms with Gasteiger partial charge in [-0.15, -0.1) is 0 Å². The van der Waals surface area contributed by atoms with Crippen molar-refractivity contribution in [3.05, 3.63) is 57.6 Å². The van der Waals surface area contributed by atoms with Crippen LogP contribution in [0.2, 0.25) is 0 Å². The number of aliphatic carboxylic acids is 1. The smallest absolute Gasteiger partial charge is 0.331 e. The van der Waals surface area contributed by atoms with Gasteiger partial charge in [-0.2, -0.15) is 0 Å². The molecular formula is C14H11NO4. The zero-order valence-electron chi connectivity index (χ0n) is 10.2. The first-order chi connectivity index (χ1) is 8.99. The van der Waals surface area contributed by atoms with Crippen LogP contribution in [0.1, 0.15) is 12.5 Å². The first-order valence-corrected chi connectivity index (χ1v) is 5.58. The maximum Gasteiger partial charge on any atom is 0.331 e. The first kappa shape index (κ1) is 12.8. The first-order valence-electron chi connectivity index (χ1n) is 5.58. The number of rotatable bonds is 3. The number of carboxylic acids is 1. The lowest BCUT2D eigenvalue weighted by molar-refractivity contribution is -0.384. The fourth-order valence-corrected chi connectivity index (χ4v) is 1.81. The summed E-state index contributed by atoms with van der Waals surface area (Å²) < 4.78 is 0.